The Morgan fingerprint density at radius 1 is 0.962 bits per heavy atom. The third-order valence-corrected chi connectivity index (χ3v) is 3.89. The minimum atomic E-state index is -1.41. The molecule has 26 heavy (non-hydrogen) atoms. The lowest BCUT2D eigenvalue weighted by Crippen LogP contribution is -2.56. The number of nitrogens with one attached hydrogen (secondary N) is 2. The van der Waals surface area contributed by atoms with Crippen molar-refractivity contribution in [1.29, 1.82) is 0 Å². The highest BCUT2D eigenvalue weighted by atomic mass is 16.4. The predicted octanol–water partition coefficient (Wildman–Crippen LogP) is -2.45. The zero-order valence-electron chi connectivity index (χ0n) is 14.9. The van der Waals surface area contributed by atoms with Crippen molar-refractivity contribution in [2.45, 2.75) is 57.7 Å². The van der Waals surface area contributed by atoms with E-state index in [2.05, 4.69) is 10.6 Å². The van der Waals surface area contributed by atoms with E-state index in [0.29, 0.717) is 6.42 Å². The van der Waals surface area contributed by atoms with Crippen LogP contribution in [0.5, 0.6) is 0 Å². The number of nitrogens with two attached hydrogens (primary N) is 3. The fraction of sp³-hybridized carbons (Fsp3) is 0.667. The molecule has 0 aliphatic heterocycles. The second kappa shape index (κ2) is 11.0. The van der Waals surface area contributed by atoms with E-state index in [9.17, 15) is 24.0 Å². The molecule has 0 saturated heterocycles. The Morgan fingerprint density at radius 3 is 1.92 bits per heavy atom. The van der Waals surface area contributed by atoms with Gasteiger partial charge in [-0.25, -0.2) is 4.79 Å². The van der Waals surface area contributed by atoms with Gasteiger partial charge in [0.05, 0.1) is 12.5 Å². The minimum absolute atomic E-state index is 0.172. The van der Waals surface area contributed by atoms with Crippen molar-refractivity contribution in [2.24, 2.45) is 23.1 Å². The average Bonchev–Trinajstić information content (AvgIpc) is 2.55. The fourth-order valence-electron chi connectivity index (χ4n) is 2.01. The van der Waals surface area contributed by atoms with E-state index in [4.69, 9.17) is 22.3 Å². The summed E-state index contributed by atoms with van der Waals surface area (Å²) in [5.41, 5.74) is 15.8. The van der Waals surface area contributed by atoms with Crippen molar-refractivity contribution in [1.82, 2.24) is 10.6 Å². The number of carboxylic acids is 1. The molecule has 0 bridgehead atoms. The summed E-state index contributed by atoms with van der Waals surface area (Å²) in [5.74, 6) is -4.75. The van der Waals surface area contributed by atoms with Crippen LogP contribution in [0.3, 0.4) is 0 Å². The molecule has 0 fully saturated rings. The summed E-state index contributed by atoms with van der Waals surface area (Å²) >= 11 is 0. The molecule has 0 aromatic carbocycles. The molecular formula is C15H27N5O6. The van der Waals surface area contributed by atoms with Crippen LogP contribution < -0.4 is 27.8 Å². The Bertz CT molecular complexity index is 553. The van der Waals surface area contributed by atoms with Gasteiger partial charge >= 0.3 is 5.97 Å². The summed E-state index contributed by atoms with van der Waals surface area (Å²) in [7, 11) is 0. The van der Waals surface area contributed by atoms with Crippen molar-refractivity contribution in [3.05, 3.63) is 0 Å². The molecule has 9 N–H and O–H groups in total. The molecule has 0 unspecified atom stereocenters. The monoisotopic (exact) mass is 373 g/mol. The third-order valence-electron chi connectivity index (χ3n) is 3.89. The highest BCUT2D eigenvalue weighted by molar-refractivity contribution is 5.94. The summed E-state index contributed by atoms with van der Waals surface area (Å²) in [6.45, 7) is 3.58. The summed E-state index contributed by atoms with van der Waals surface area (Å²) in [6, 6.07) is -3.70. The van der Waals surface area contributed by atoms with Gasteiger partial charge in [-0.05, 0) is 12.3 Å². The van der Waals surface area contributed by atoms with Crippen LogP contribution in [0, 0.1) is 5.92 Å². The Morgan fingerprint density at radius 2 is 1.50 bits per heavy atom. The van der Waals surface area contributed by atoms with Crippen LogP contribution >= 0.6 is 0 Å². The quantitative estimate of drug-likeness (QED) is 0.217. The molecular weight excluding hydrogens is 346 g/mol. The van der Waals surface area contributed by atoms with Gasteiger partial charge in [0.1, 0.15) is 12.1 Å². The molecule has 0 aromatic rings. The van der Waals surface area contributed by atoms with Gasteiger partial charge in [-0.3, -0.25) is 19.2 Å². The smallest absolute Gasteiger partial charge is 0.326 e. The first-order valence-corrected chi connectivity index (χ1v) is 8.15. The Hall–Kier alpha value is -2.69. The van der Waals surface area contributed by atoms with E-state index in [1.54, 1.807) is 6.92 Å². The van der Waals surface area contributed by atoms with Gasteiger partial charge < -0.3 is 32.9 Å². The van der Waals surface area contributed by atoms with Gasteiger partial charge in [-0.2, -0.15) is 0 Å². The Labute approximate surface area is 151 Å². The maximum atomic E-state index is 12.3. The molecule has 0 aliphatic rings. The third kappa shape index (κ3) is 8.42. The molecule has 11 heteroatoms. The van der Waals surface area contributed by atoms with E-state index < -0.39 is 54.1 Å². The second-order valence-electron chi connectivity index (χ2n) is 6.05. The maximum Gasteiger partial charge on any atom is 0.326 e. The first-order valence-electron chi connectivity index (χ1n) is 8.15. The molecule has 0 spiro atoms. The summed E-state index contributed by atoms with van der Waals surface area (Å²) < 4.78 is 0. The number of hydrogen-bond acceptors (Lipinski definition) is 6. The number of amides is 4. The molecule has 4 amide bonds. The van der Waals surface area contributed by atoms with Gasteiger partial charge in [-0.15, -0.1) is 0 Å². The van der Waals surface area contributed by atoms with Gasteiger partial charge in [0.2, 0.25) is 23.6 Å². The van der Waals surface area contributed by atoms with Crippen molar-refractivity contribution in [3.63, 3.8) is 0 Å². The molecule has 4 atom stereocenters. The van der Waals surface area contributed by atoms with Crippen LogP contribution in [0.25, 0.3) is 0 Å². The Balaban J connectivity index is 5.11. The van der Waals surface area contributed by atoms with Crippen molar-refractivity contribution < 1.29 is 29.1 Å². The second-order valence-corrected chi connectivity index (χ2v) is 6.05. The molecule has 0 rings (SSSR count). The van der Waals surface area contributed by atoms with Crippen LogP contribution in [0.15, 0.2) is 0 Å². The lowest BCUT2D eigenvalue weighted by atomic mass is 9.99. The van der Waals surface area contributed by atoms with E-state index in [0.717, 1.165) is 0 Å². The van der Waals surface area contributed by atoms with Crippen LogP contribution in [0.4, 0.5) is 0 Å². The van der Waals surface area contributed by atoms with E-state index in [-0.39, 0.29) is 18.8 Å². The molecule has 148 valence electrons. The normalized spacial score (nSPS) is 15.2. The van der Waals surface area contributed by atoms with Crippen LogP contribution in [0.2, 0.25) is 0 Å². The predicted molar refractivity (Wildman–Crippen MR) is 91.2 cm³/mol. The molecule has 0 heterocycles. The Kier molecular flexibility index (Phi) is 9.89. The lowest BCUT2D eigenvalue weighted by Gasteiger charge is -2.23. The number of carbonyl (C=O) groups excluding carboxylic acids is 4. The summed E-state index contributed by atoms with van der Waals surface area (Å²) in [6.07, 6.45) is -0.411. The lowest BCUT2D eigenvalue weighted by molar-refractivity contribution is -0.142. The van der Waals surface area contributed by atoms with Gasteiger partial charge in [0.25, 0.3) is 0 Å². The fourth-order valence-corrected chi connectivity index (χ4v) is 2.01. The average molecular weight is 373 g/mol. The zero-order valence-corrected chi connectivity index (χ0v) is 14.9. The van der Waals surface area contributed by atoms with Crippen LogP contribution in [-0.4, -0.2) is 52.8 Å². The standard InChI is InChI=1S/C15H27N5O6/c1-3-7(2)12(18)14(24)20-9(6-11(17)22)13(23)19-8(15(25)26)4-5-10(16)21/h7-9,12H,3-6,18H2,1-2H3,(H2,16,21)(H2,17,22)(H,19,23)(H,20,24)(H,25,26)/t7-,8-,9-,12-/m0/s1. The number of carboxylic acid groups (broad SMARTS) is 1. The largest absolute Gasteiger partial charge is 0.480 e. The zero-order chi connectivity index (χ0) is 20.4. The van der Waals surface area contributed by atoms with Crippen LogP contribution in [-0.2, 0) is 24.0 Å². The number of rotatable bonds is 12. The minimum Gasteiger partial charge on any atom is -0.480 e. The number of primary amides is 2. The van der Waals surface area contributed by atoms with Crippen molar-refractivity contribution in [3.8, 4) is 0 Å². The maximum absolute atomic E-state index is 12.3. The highest BCUT2D eigenvalue weighted by Crippen LogP contribution is 2.06. The highest BCUT2D eigenvalue weighted by Gasteiger charge is 2.30. The first kappa shape index (κ1) is 23.3. The SMILES string of the molecule is CC[C@H](C)[C@H](N)C(=O)N[C@@H](CC(N)=O)C(=O)N[C@@H](CCC(N)=O)C(=O)O. The summed E-state index contributed by atoms with van der Waals surface area (Å²) in [5, 5.41) is 13.6. The summed E-state index contributed by atoms with van der Waals surface area (Å²) in [4.78, 5) is 57.6. The van der Waals surface area contributed by atoms with E-state index in [1.165, 1.54) is 0 Å². The number of hydrogen-bond donors (Lipinski definition) is 6. The first-order chi connectivity index (χ1) is 12.0. The number of aliphatic carboxylic acids is 1. The molecule has 11 nitrogen and oxygen atoms in total. The van der Waals surface area contributed by atoms with Crippen molar-refractivity contribution in [2.75, 3.05) is 0 Å². The van der Waals surface area contributed by atoms with Crippen LogP contribution in [0.1, 0.15) is 39.5 Å². The van der Waals surface area contributed by atoms with E-state index in [1.807, 2.05) is 6.92 Å². The molecule has 0 aromatic heterocycles. The molecule has 0 saturated carbocycles. The van der Waals surface area contributed by atoms with E-state index >= 15 is 0 Å². The topological polar surface area (TPSA) is 208 Å². The molecule has 0 aliphatic carbocycles. The van der Waals surface area contributed by atoms with Gasteiger partial charge in [0, 0.05) is 6.42 Å². The number of carbonyl (C=O) groups is 5. The molecule has 0 radical (unpaired) electrons. The van der Waals surface area contributed by atoms with Gasteiger partial charge in [-0.1, -0.05) is 20.3 Å². The van der Waals surface area contributed by atoms with Crippen molar-refractivity contribution >= 4 is 29.6 Å². The van der Waals surface area contributed by atoms with Gasteiger partial charge in [0.15, 0.2) is 0 Å².